The van der Waals surface area contributed by atoms with Crippen molar-refractivity contribution in [3.63, 3.8) is 0 Å². The molecule has 1 aliphatic heterocycles. The number of carbonyl (C=O) groups is 1. The Morgan fingerprint density at radius 1 is 1.42 bits per heavy atom. The lowest BCUT2D eigenvalue weighted by Gasteiger charge is -2.37. The van der Waals surface area contributed by atoms with E-state index in [0.717, 1.165) is 36.5 Å². The van der Waals surface area contributed by atoms with Crippen molar-refractivity contribution < 1.29 is 4.79 Å². The van der Waals surface area contributed by atoms with Crippen LogP contribution in [0.5, 0.6) is 0 Å². The number of hydrogen-bond acceptors (Lipinski definition) is 3. The van der Waals surface area contributed by atoms with Gasteiger partial charge >= 0.3 is 0 Å². The minimum atomic E-state index is 0.117. The number of likely N-dealkylation sites (tertiary alicyclic amines) is 1. The molecule has 0 saturated carbocycles. The van der Waals surface area contributed by atoms with Gasteiger partial charge in [-0.25, -0.2) is 0 Å². The standard InChI is InChI=1S/C15H23N3O/c1-10-9-18(8-7-14(10)16-4)15(19)13-6-5-11(2)17-12(13)3/h5-6,10,14,16H,7-9H2,1-4H3. The molecule has 1 amide bonds. The molecule has 2 rings (SSSR count). The summed E-state index contributed by atoms with van der Waals surface area (Å²) in [6.07, 6.45) is 1.02. The fraction of sp³-hybridized carbons (Fsp3) is 0.600. The van der Waals surface area contributed by atoms with E-state index in [2.05, 4.69) is 17.2 Å². The Balaban J connectivity index is 2.12. The highest BCUT2D eigenvalue weighted by molar-refractivity contribution is 5.95. The number of carbonyl (C=O) groups excluding carboxylic acids is 1. The van der Waals surface area contributed by atoms with Crippen LogP contribution in [0.3, 0.4) is 0 Å². The Morgan fingerprint density at radius 3 is 2.74 bits per heavy atom. The first-order valence-corrected chi connectivity index (χ1v) is 6.93. The second kappa shape index (κ2) is 5.70. The topological polar surface area (TPSA) is 45.2 Å². The van der Waals surface area contributed by atoms with E-state index in [0.29, 0.717) is 12.0 Å². The Kier molecular flexibility index (Phi) is 4.20. The monoisotopic (exact) mass is 261 g/mol. The molecule has 1 aromatic rings. The van der Waals surface area contributed by atoms with Crippen LogP contribution in [0.15, 0.2) is 12.1 Å². The molecule has 4 heteroatoms. The molecular weight excluding hydrogens is 238 g/mol. The number of piperidine rings is 1. The van der Waals surface area contributed by atoms with E-state index in [9.17, 15) is 4.79 Å². The molecule has 2 unspecified atom stereocenters. The van der Waals surface area contributed by atoms with Gasteiger partial charge in [-0.05, 0) is 45.4 Å². The zero-order valence-corrected chi connectivity index (χ0v) is 12.2. The lowest BCUT2D eigenvalue weighted by atomic mass is 9.93. The van der Waals surface area contributed by atoms with Gasteiger partial charge in [0.05, 0.1) is 11.3 Å². The van der Waals surface area contributed by atoms with Crippen molar-refractivity contribution in [2.24, 2.45) is 5.92 Å². The first-order chi connectivity index (χ1) is 9.02. The van der Waals surface area contributed by atoms with Crippen LogP contribution < -0.4 is 5.32 Å². The molecular formula is C15H23N3O. The smallest absolute Gasteiger partial charge is 0.255 e. The molecule has 0 spiro atoms. The largest absolute Gasteiger partial charge is 0.338 e. The highest BCUT2D eigenvalue weighted by atomic mass is 16.2. The molecule has 1 aromatic heterocycles. The summed E-state index contributed by atoms with van der Waals surface area (Å²) in [6.45, 7) is 7.69. The van der Waals surface area contributed by atoms with Crippen molar-refractivity contribution in [2.45, 2.75) is 33.2 Å². The molecule has 4 nitrogen and oxygen atoms in total. The maximum absolute atomic E-state index is 12.5. The molecule has 0 aliphatic carbocycles. The summed E-state index contributed by atoms with van der Waals surface area (Å²) < 4.78 is 0. The third-order valence-corrected chi connectivity index (χ3v) is 4.02. The number of amides is 1. The maximum atomic E-state index is 12.5. The Bertz CT molecular complexity index is 472. The lowest BCUT2D eigenvalue weighted by Crippen LogP contribution is -2.49. The van der Waals surface area contributed by atoms with Crippen LogP contribution in [0, 0.1) is 19.8 Å². The van der Waals surface area contributed by atoms with Crippen molar-refractivity contribution in [1.29, 1.82) is 0 Å². The van der Waals surface area contributed by atoms with E-state index < -0.39 is 0 Å². The van der Waals surface area contributed by atoms with E-state index in [1.165, 1.54) is 0 Å². The highest BCUT2D eigenvalue weighted by Crippen LogP contribution is 2.19. The maximum Gasteiger partial charge on any atom is 0.255 e. The molecule has 104 valence electrons. The van der Waals surface area contributed by atoms with Crippen LogP contribution in [0.4, 0.5) is 0 Å². The summed E-state index contributed by atoms with van der Waals surface area (Å²) in [5.41, 5.74) is 2.52. The average molecular weight is 261 g/mol. The average Bonchev–Trinajstić information content (AvgIpc) is 2.38. The third kappa shape index (κ3) is 2.95. The molecule has 2 heterocycles. The summed E-state index contributed by atoms with van der Waals surface area (Å²) >= 11 is 0. The van der Waals surface area contributed by atoms with Gasteiger partial charge in [0.25, 0.3) is 5.91 Å². The molecule has 0 aromatic carbocycles. The SMILES string of the molecule is CNC1CCN(C(=O)c2ccc(C)nc2C)CC1C. The fourth-order valence-corrected chi connectivity index (χ4v) is 2.84. The Hall–Kier alpha value is -1.42. The van der Waals surface area contributed by atoms with E-state index in [1.54, 1.807) is 0 Å². The third-order valence-electron chi connectivity index (χ3n) is 4.02. The van der Waals surface area contributed by atoms with Crippen LogP contribution in [-0.2, 0) is 0 Å². The second-order valence-corrected chi connectivity index (χ2v) is 5.50. The number of pyridine rings is 1. The Labute approximate surface area is 115 Å². The molecule has 1 aliphatic rings. The minimum Gasteiger partial charge on any atom is -0.338 e. The molecule has 1 fully saturated rings. The first kappa shape index (κ1) is 14.0. The fourth-order valence-electron chi connectivity index (χ4n) is 2.84. The summed E-state index contributed by atoms with van der Waals surface area (Å²) in [5.74, 6) is 0.604. The molecule has 19 heavy (non-hydrogen) atoms. The first-order valence-electron chi connectivity index (χ1n) is 6.93. The van der Waals surface area contributed by atoms with Gasteiger partial charge < -0.3 is 10.2 Å². The van der Waals surface area contributed by atoms with Crippen LogP contribution in [0.2, 0.25) is 0 Å². The van der Waals surface area contributed by atoms with Gasteiger partial charge in [-0.15, -0.1) is 0 Å². The van der Waals surface area contributed by atoms with Crippen LogP contribution >= 0.6 is 0 Å². The highest BCUT2D eigenvalue weighted by Gasteiger charge is 2.28. The lowest BCUT2D eigenvalue weighted by molar-refractivity contribution is 0.0648. The van der Waals surface area contributed by atoms with Gasteiger partial charge in [-0.2, -0.15) is 0 Å². The van der Waals surface area contributed by atoms with Crippen molar-refractivity contribution in [3.05, 3.63) is 29.1 Å². The van der Waals surface area contributed by atoms with Gasteiger partial charge in [0.15, 0.2) is 0 Å². The normalized spacial score (nSPS) is 23.5. The van der Waals surface area contributed by atoms with Crippen molar-refractivity contribution >= 4 is 5.91 Å². The zero-order valence-electron chi connectivity index (χ0n) is 12.2. The molecule has 0 radical (unpaired) electrons. The molecule has 1 N–H and O–H groups in total. The van der Waals surface area contributed by atoms with Crippen molar-refractivity contribution in [3.8, 4) is 0 Å². The van der Waals surface area contributed by atoms with E-state index in [1.807, 2.05) is 37.9 Å². The van der Waals surface area contributed by atoms with Crippen LogP contribution in [0.25, 0.3) is 0 Å². The minimum absolute atomic E-state index is 0.117. The van der Waals surface area contributed by atoms with Gasteiger partial charge in [0.1, 0.15) is 0 Å². The van der Waals surface area contributed by atoms with Gasteiger partial charge in [0, 0.05) is 24.8 Å². The van der Waals surface area contributed by atoms with E-state index in [-0.39, 0.29) is 5.91 Å². The summed E-state index contributed by atoms with van der Waals surface area (Å²) in [5, 5.41) is 3.32. The summed E-state index contributed by atoms with van der Waals surface area (Å²) in [7, 11) is 1.99. The van der Waals surface area contributed by atoms with E-state index in [4.69, 9.17) is 0 Å². The van der Waals surface area contributed by atoms with Gasteiger partial charge in [-0.1, -0.05) is 6.92 Å². The Morgan fingerprint density at radius 2 is 2.16 bits per heavy atom. The van der Waals surface area contributed by atoms with Crippen LogP contribution in [0.1, 0.15) is 35.1 Å². The predicted molar refractivity (Wildman–Crippen MR) is 76.2 cm³/mol. The van der Waals surface area contributed by atoms with Gasteiger partial charge in [0.2, 0.25) is 0 Å². The number of aryl methyl sites for hydroxylation is 2. The molecule has 2 atom stereocenters. The number of aromatic nitrogens is 1. The quantitative estimate of drug-likeness (QED) is 0.882. The van der Waals surface area contributed by atoms with Crippen molar-refractivity contribution in [1.82, 2.24) is 15.2 Å². The number of rotatable bonds is 2. The number of nitrogens with one attached hydrogen (secondary N) is 1. The van der Waals surface area contributed by atoms with E-state index >= 15 is 0 Å². The molecule has 1 saturated heterocycles. The van der Waals surface area contributed by atoms with Crippen molar-refractivity contribution in [2.75, 3.05) is 20.1 Å². The summed E-state index contributed by atoms with van der Waals surface area (Å²) in [6, 6.07) is 4.32. The summed E-state index contributed by atoms with van der Waals surface area (Å²) in [4.78, 5) is 18.9. The zero-order chi connectivity index (χ0) is 14.0. The second-order valence-electron chi connectivity index (χ2n) is 5.50. The van der Waals surface area contributed by atoms with Crippen LogP contribution in [-0.4, -0.2) is 42.0 Å². The number of nitrogens with zero attached hydrogens (tertiary/aromatic N) is 2. The van der Waals surface area contributed by atoms with Gasteiger partial charge in [-0.3, -0.25) is 9.78 Å². The molecule has 0 bridgehead atoms. The predicted octanol–water partition coefficient (Wildman–Crippen LogP) is 1.77. The number of hydrogen-bond donors (Lipinski definition) is 1.